The fourth-order valence-corrected chi connectivity index (χ4v) is 4.48. The van der Waals surface area contributed by atoms with Gasteiger partial charge in [0.1, 0.15) is 0 Å². The fraction of sp³-hybridized carbons (Fsp3) is 0.600. The summed E-state index contributed by atoms with van der Waals surface area (Å²) >= 11 is 6.07. The molecule has 1 atom stereocenters. The molecule has 6 nitrogen and oxygen atoms in total. The van der Waals surface area contributed by atoms with Crippen LogP contribution in [0.2, 0.25) is 5.02 Å². The lowest BCUT2D eigenvalue weighted by molar-refractivity contribution is -0.140. The molecule has 7 heteroatoms. The van der Waals surface area contributed by atoms with Gasteiger partial charge in [0, 0.05) is 17.5 Å². The van der Waals surface area contributed by atoms with Crippen LogP contribution in [0.25, 0.3) is 5.69 Å². The molecular weight excluding hydrogens is 362 g/mol. The topological polar surface area (TPSA) is 63.9 Å². The average molecular weight is 388 g/mol. The van der Waals surface area contributed by atoms with Crippen LogP contribution in [0.5, 0.6) is 0 Å². The molecule has 2 aliphatic rings. The first-order chi connectivity index (χ1) is 13.2. The molecule has 1 aliphatic heterocycles. The van der Waals surface area contributed by atoms with E-state index in [1.807, 2.05) is 29.2 Å². The van der Waals surface area contributed by atoms with Crippen molar-refractivity contribution in [3.63, 3.8) is 0 Å². The number of piperidine rings is 1. The van der Waals surface area contributed by atoms with E-state index in [0.717, 1.165) is 57.2 Å². The first kappa shape index (κ1) is 18.4. The Morgan fingerprint density at radius 1 is 1.04 bits per heavy atom. The average Bonchev–Trinajstić information content (AvgIpc) is 3.03. The zero-order chi connectivity index (χ0) is 18.6. The first-order valence-corrected chi connectivity index (χ1v) is 10.5. The summed E-state index contributed by atoms with van der Waals surface area (Å²) in [6.45, 7) is 0.797. The number of carbonyl (C=O) groups is 1. The molecule has 1 saturated carbocycles. The minimum Gasteiger partial charge on any atom is -0.332 e. The molecule has 2 heterocycles. The zero-order valence-electron chi connectivity index (χ0n) is 15.6. The molecule has 0 bridgehead atoms. The van der Waals surface area contributed by atoms with Crippen molar-refractivity contribution in [1.82, 2.24) is 25.1 Å². The normalized spacial score (nSPS) is 21.8. The van der Waals surface area contributed by atoms with Gasteiger partial charge in [-0.25, -0.2) is 0 Å². The van der Waals surface area contributed by atoms with Gasteiger partial charge in [0.2, 0.25) is 5.91 Å². The van der Waals surface area contributed by atoms with Crippen molar-refractivity contribution in [2.24, 2.45) is 5.92 Å². The fourth-order valence-electron chi connectivity index (χ4n) is 4.29. The van der Waals surface area contributed by atoms with Crippen molar-refractivity contribution in [1.29, 1.82) is 0 Å². The van der Waals surface area contributed by atoms with Gasteiger partial charge in [0.05, 0.1) is 11.7 Å². The summed E-state index contributed by atoms with van der Waals surface area (Å²) < 4.78 is 0. The van der Waals surface area contributed by atoms with E-state index in [-0.39, 0.29) is 12.0 Å². The number of nitrogens with zero attached hydrogens (tertiary/aromatic N) is 5. The number of aromatic nitrogens is 4. The Balaban J connectivity index is 1.55. The Kier molecular flexibility index (Phi) is 5.72. The van der Waals surface area contributed by atoms with Crippen molar-refractivity contribution in [2.45, 2.75) is 63.8 Å². The maximum absolute atomic E-state index is 13.2. The number of amides is 1. The van der Waals surface area contributed by atoms with E-state index in [1.54, 1.807) is 0 Å². The lowest BCUT2D eigenvalue weighted by Gasteiger charge is -2.36. The molecule has 27 heavy (non-hydrogen) atoms. The number of likely N-dealkylation sites (tertiary alicyclic amines) is 1. The SMILES string of the molecule is O=C(C1CCCCCC1)N1CCCCC1c1nnn(-c2cccc(Cl)c2)n1. The van der Waals surface area contributed by atoms with E-state index in [0.29, 0.717) is 16.8 Å². The van der Waals surface area contributed by atoms with Crippen LogP contribution in [0.15, 0.2) is 24.3 Å². The van der Waals surface area contributed by atoms with Gasteiger partial charge in [0.25, 0.3) is 0 Å². The van der Waals surface area contributed by atoms with Gasteiger partial charge in [0.15, 0.2) is 5.82 Å². The van der Waals surface area contributed by atoms with Crippen LogP contribution in [0, 0.1) is 5.92 Å². The minimum atomic E-state index is -0.0672. The van der Waals surface area contributed by atoms with Gasteiger partial charge in [-0.05, 0) is 55.5 Å². The van der Waals surface area contributed by atoms with Crippen molar-refractivity contribution in [2.75, 3.05) is 6.54 Å². The summed E-state index contributed by atoms with van der Waals surface area (Å²) in [6.07, 6.45) is 9.92. The van der Waals surface area contributed by atoms with Gasteiger partial charge in [-0.3, -0.25) is 4.79 Å². The van der Waals surface area contributed by atoms with E-state index in [2.05, 4.69) is 15.4 Å². The van der Waals surface area contributed by atoms with Crippen molar-refractivity contribution in [3.05, 3.63) is 35.1 Å². The Labute approximate surface area is 164 Å². The lowest BCUT2D eigenvalue weighted by Crippen LogP contribution is -2.42. The highest BCUT2D eigenvalue weighted by atomic mass is 35.5. The summed E-state index contributed by atoms with van der Waals surface area (Å²) in [4.78, 5) is 16.8. The second-order valence-electron chi connectivity index (χ2n) is 7.65. The Hall–Kier alpha value is -1.95. The van der Waals surface area contributed by atoms with Crippen LogP contribution in [-0.4, -0.2) is 37.6 Å². The maximum atomic E-state index is 13.2. The van der Waals surface area contributed by atoms with Gasteiger partial charge in [-0.2, -0.15) is 0 Å². The van der Waals surface area contributed by atoms with Crippen LogP contribution >= 0.6 is 11.6 Å². The van der Waals surface area contributed by atoms with Gasteiger partial charge >= 0.3 is 0 Å². The predicted molar refractivity (Wildman–Crippen MR) is 104 cm³/mol. The molecule has 1 saturated heterocycles. The largest absolute Gasteiger partial charge is 0.332 e. The summed E-state index contributed by atoms with van der Waals surface area (Å²) in [6, 6.07) is 7.32. The smallest absolute Gasteiger partial charge is 0.226 e. The molecule has 2 fully saturated rings. The highest BCUT2D eigenvalue weighted by Gasteiger charge is 2.34. The molecule has 1 unspecified atom stereocenters. The minimum absolute atomic E-state index is 0.0672. The predicted octanol–water partition coefficient (Wildman–Crippen LogP) is 4.34. The number of carbonyl (C=O) groups excluding carboxylic acids is 1. The molecule has 1 aliphatic carbocycles. The van der Waals surface area contributed by atoms with Crippen LogP contribution in [-0.2, 0) is 4.79 Å². The third-order valence-corrected chi connectivity index (χ3v) is 5.99. The molecule has 4 rings (SSSR count). The molecule has 144 valence electrons. The Morgan fingerprint density at radius 2 is 1.81 bits per heavy atom. The summed E-state index contributed by atoms with van der Waals surface area (Å²) in [7, 11) is 0. The van der Waals surface area contributed by atoms with E-state index in [1.165, 1.54) is 17.6 Å². The highest BCUT2D eigenvalue weighted by Crippen LogP contribution is 2.33. The van der Waals surface area contributed by atoms with E-state index < -0.39 is 0 Å². The third kappa shape index (κ3) is 4.15. The Morgan fingerprint density at radius 3 is 2.59 bits per heavy atom. The maximum Gasteiger partial charge on any atom is 0.226 e. The highest BCUT2D eigenvalue weighted by molar-refractivity contribution is 6.30. The lowest BCUT2D eigenvalue weighted by atomic mass is 9.94. The molecule has 1 amide bonds. The molecular formula is C20H26ClN5O. The molecule has 1 aromatic heterocycles. The van der Waals surface area contributed by atoms with Crippen LogP contribution in [0.3, 0.4) is 0 Å². The summed E-state index contributed by atoms with van der Waals surface area (Å²) in [5.41, 5.74) is 0.777. The number of benzene rings is 1. The van der Waals surface area contributed by atoms with Crippen molar-refractivity contribution in [3.8, 4) is 5.69 Å². The number of hydrogen-bond donors (Lipinski definition) is 0. The van der Waals surface area contributed by atoms with Crippen LogP contribution < -0.4 is 0 Å². The van der Waals surface area contributed by atoms with Crippen molar-refractivity contribution < 1.29 is 4.79 Å². The molecule has 0 N–H and O–H groups in total. The first-order valence-electron chi connectivity index (χ1n) is 10.1. The quantitative estimate of drug-likeness (QED) is 0.735. The zero-order valence-corrected chi connectivity index (χ0v) is 16.3. The number of rotatable bonds is 3. The standard InChI is InChI=1S/C20H26ClN5O/c21-16-10-7-11-17(14-16)26-23-19(22-24-26)18-12-5-6-13-25(18)20(27)15-8-3-1-2-4-9-15/h7,10-11,14-15,18H,1-6,8-9,12-13H2. The number of tetrazole rings is 1. The van der Waals surface area contributed by atoms with Crippen LogP contribution in [0.1, 0.15) is 69.7 Å². The molecule has 1 aromatic carbocycles. The molecule has 0 spiro atoms. The van der Waals surface area contributed by atoms with Crippen LogP contribution in [0.4, 0.5) is 0 Å². The third-order valence-electron chi connectivity index (χ3n) is 5.76. The molecule has 0 radical (unpaired) electrons. The van der Waals surface area contributed by atoms with Crippen molar-refractivity contribution >= 4 is 17.5 Å². The van der Waals surface area contributed by atoms with E-state index >= 15 is 0 Å². The van der Waals surface area contributed by atoms with E-state index in [9.17, 15) is 4.79 Å². The summed E-state index contributed by atoms with van der Waals surface area (Å²) in [5, 5.41) is 13.7. The van der Waals surface area contributed by atoms with Gasteiger partial charge in [-0.1, -0.05) is 43.4 Å². The second kappa shape index (κ2) is 8.38. The summed E-state index contributed by atoms with van der Waals surface area (Å²) in [5.74, 6) is 1.09. The van der Waals surface area contributed by atoms with Gasteiger partial charge in [-0.15, -0.1) is 15.0 Å². The second-order valence-corrected chi connectivity index (χ2v) is 8.09. The molecule has 2 aromatic rings. The number of halogens is 1. The monoisotopic (exact) mass is 387 g/mol. The number of hydrogen-bond acceptors (Lipinski definition) is 4. The Bertz CT molecular complexity index is 784. The van der Waals surface area contributed by atoms with Gasteiger partial charge < -0.3 is 4.90 Å². The van der Waals surface area contributed by atoms with E-state index in [4.69, 9.17) is 11.6 Å².